The van der Waals surface area contributed by atoms with Gasteiger partial charge < -0.3 is 4.74 Å². The Balaban J connectivity index is 1.76. The molecule has 0 bridgehead atoms. The van der Waals surface area contributed by atoms with E-state index in [1.807, 2.05) is 0 Å². The van der Waals surface area contributed by atoms with Crippen molar-refractivity contribution in [1.82, 2.24) is 0 Å². The summed E-state index contributed by atoms with van der Waals surface area (Å²) in [5, 5.41) is 0. The van der Waals surface area contributed by atoms with E-state index in [0.29, 0.717) is 5.78 Å². The van der Waals surface area contributed by atoms with Gasteiger partial charge in [0.2, 0.25) is 0 Å². The molecule has 0 N–H and O–H groups in total. The molecular weight excluding hydrogens is 176 g/mol. The van der Waals surface area contributed by atoms with Crippen LogP contribution in [0.15, 0.2) is 0 Å². The minimum Gasteiger partial charge on any atom is -0.377 e. The molecule has 2 nitrogen and oxygen atoms in total. The van der Waals surface area contributed by atoms with E-state index in [1.54, 1.807) is 0 Å². The Morgan fingerprint density at radius 3 is 2.79 bits per heavy atom. The van der Waals surface area contributed by atoms with Crippen molar-refractivity contribution in [3.8, 4) is 0 Å². The predicted octanol–water partition coefficient (Wildman–Crippen LogP) is 2.56. The van der Waals surface area contributed by atoms with Gasteiger partial charge in [-0.1, -0.05) is 19.8 Å². The molecule has 2 atom stereocenters. The van der Waals surface area contributed by atoms with Crippen molar-refractivity contribution in [3.05, 3.63) is 0 Å². The van der Waals surface area contributed by atoms with Crippen LogP contribution in [0.5, 0.6) is 0 Å². The SMILES string of the molecule is CCC1OCCC1C(=O)CCC1CC1. The second kappa shape index (κ2) is 4.43. The maximum absolute atomic E-state index is 11.9. The number of Topliss-reactive ketones (excluding diaryl/α,β-unsaturated/α-hetero) is 1. The van der Waals surface area contributed by atoms with E-state index in [4.69, 9.17) is 4.74 Å². The molecular formula is C12H20O2. The van der Waals surface area contributed by atoms with Crippen molar-refractivity contribution in [2.75, 3.05) is 6.61 Å². The average Bonchev–Trinajstić information content (AvgIpc) is 2.90. The second-order valence-corrected chi connectivity index (χ2v) is 4.66. The number of hydrogen-bond donors (Lipinski definition) is 0. The Morgan fingerprint density at radius 1 is 1.36 bits per heavy atom. The number of carbonyl (C=O) groups excluding carboxylic acids is 1. The lowest BCUT2D eigenvalue weighted by atomic mass is 9.92. The third kappa shape index (κ3) is 2.35. The average molecular weight is 196 g/mol. The van der Waals surface area contributed by atoms with Gasteiger partial charge in [-0.2, -0.15) is 0 Å². The molecule has 0 aromatic carbocycles. The highest BCUT2D eigenvalue weighted by Crippen LogP contribution is 2.35. The molecule has 1 aliphatic heterocycles. The smallest absolute Gasteiger partial charge is 0.138 e. The van der Waals surface area contributed by atoms with E-state index >= 15 is 0 Å². The van der Waals surface area contributed by atoms with Gasteiger partial charge in [-0.05, 0) is 25.2 Å². The van der Waals surface area contributed by atoms with E-state index in [-0.39, 0.29) is 12.0 Å². The normalized spacial score (nSPS) is 32.1. The van der Waals surface area contributed by atoms with Crippen LogP contribution >= 0.6 is 0 Å². The van der Waals surface area contributed by atoms with Crippen LogP contribution in [0.25, 0.3) is 0 Å². The maximum Gasteiger partial charge on any atom is 0.138 e. The number of hydrogen-bond acceptors (Lipinski definition) is 2. The Kier molecular flexibility index (Phi) is 3.22. The molecule has 0 amide bonds. The van der Waals surface area contributed by atoms with Gasteiger partial charge in [0, 0.05) is 18.9 Å². The van der Waals surface area contributed by atoms with Crippen molar-refractivity contribution >= 4 is 5.78 Å². The Labute approximate surface area is 86.0 Å². The van der Waals surface area contributed by atoms with E-state index in [9.17, 15) is 4.79 Å². The predicted molar refractivity (Wildman–Crippen MR) is 55.1 cm³/mol. The Hall–Kier alpha value is -0.370. The molecule has 1 saturated heterocycles. The summed E-state index contributed by atoms with van der Waals surface area (Å²) in [6.07, 6.45) is 6.81. The topological polar surface area (TPSA) is 26.3 Å². The fourth-order valence-electron chi connectivity index (χ4n) is 2.36. The minimum atomic E-state index is 0.221. The number of rotatable bonds is 5. The van der Waals surface area contributed by atoms with Crippen molar-refractivity contribution in [2.45, 2.75) is 51.6 Å². The lowest BCUT2D eigenvalue weighted by Gasteiger charge is -2.15. The van der Waals surface area contributed by atoms with E-state index in [1.165, 1.54) is 12.8 Å². The van der Waals surface area contributed by atoms with E-state index < -0.39 is 0 Å². The molecule has 14 heavy (non-hydrogen) atoms. The van der Waals surface area contributed by atoms with Gasteiger partial charge in [0.15, 0.2) is 0 Å². The van der Waals surface area contributed by atoms with Gasteiger partial charge in [0.05, 0.1) is 6.10 Å². The first kappa shape index (κ1) is 10.2. The molecule has 0 spiro atoms. The van der Waals surface area contributed by atoms with Crippen LogP contribution in [0, 0.1) is 11.8 Å². The molecule has 0 aromatic heterocycles. The molecule has 0 aromatic rings. The summed E-state index contributed by atoms with van der Waals surface area (Å²) in [5.74, 6) is 1.56. The van der Waals surface area contributed by atoms with Crippen LogP contribution in [0.4, 0.5) is 0 Å². The zero-order chi connectivity index (χ0) is 9.97. The molecule has 2 rings (SSSR count). The van der Waals surface area contributed by atoms with Gasteiger partial charge in [-0.3, -0.25) is 4.79 Å². The highest BCUT2D eigenvalue weighted by molar-refractivity contribution is 5.81. The molecule has 80 valence electrons. The third-order valence-corrected chi connectivity index (χ3v) is 3.52. The molecule has 2 heteroatoms. The summed E-state index contributed by atoms with van der Waals surface area (Å²) in [6.45, 7) is 2.90. The van der Waals surface area contributed by atoms with Crippen LogP contribution in [0.1, 0.15) is 45.4 Å². The van der Waals surface area contributed by atoms with E-state index in [0.717, 1.165) is 38.2 Å². The fraction of sp³-hybridized carbons (Fsp3) is 0.917. The molecule has 2 aliphatic rings. The summed E-state index contributed by atoms with van der Waals surface area (Å²) in [7, 11) is 0. The summed E-state index contributed by atoms with van der Waals surface area (Å²) < 4.78 is 5.54. The van der Waals surface area contributed by atoms with Crippen LogP contribution in [0.3, 0.4) is 0 Å². The first-order chi connectivity index (χ1) is 6.81. The first-order valence-corrected chi connectivity index (χ1v) is 5.95. The fourth-order valence-corrected chi connectivity index (χ4v) is 2.36. The summed E-state index contributed by atoms with van der Waals surface area (Å²) in [4.78, 5) is 11.9. The van der Waals surface area contributed by atoms with Crippen molar-refractivity contribution in [2.24, 2.45) is 11.8 Å². The van der Waals surface area contributed by atoms with Crippen molar-refractivity contribution in [1.29, 1.82) is 0 Å². The largest absolute Gasteiger partial charge is 0.377 e. The van der Waals surface area contributed by atoms with Crippen LogP contribution < -0.4 is 0 Å². The van der Waals surface area contributed by atoms with Gasteiger partial charge in [-0.15, -0.1) is 0 Å². The standard InChI is InChI=1S/C12H20O2/c1-2-12-10(7-8-14-12)11(13)6-5-9-3-4-9/h9-10,12H,2-8H2,1H3. The van der Waals surface area contributed by atoms with Crippen molar-refractivity contribution in [3.63, 3.8) is 0 Å². The zero-order valence-electron chi connectivity index (χ0n) is 9.00. The van der Waals surface area contributed by atoms with Gasteiger partial charge in [0.25, 0.3) is 0 Å². The Bertz CT molecular complexity index is 208. The summed E-state index contributed by atoms with van der Waals surface area (Å²) in [5.41, 5.74) is 0. The molecule has 2 fully saturated rings. The maximum atomic E-state index is 11.9. The first-order valence-electron chi connectivity index (χ1n) is 5.95. The molecule has 1 aliphatic carbocycles. The second-order valence-electron chi connectivity index (χ2n) is 4.66. The molecule has 2 unspecified atom stereocenters. The van der Waals surface area contributed by atoms with Crippen LogP contribution in [-0.2, 0) is 9.53 Å². The van der Waals surface area contributed by atoms with Gasteiger partial charge in [0.1, 0.15) is 5.78 Å². The quantitative estimate of drug-likeness (QED) is 0.675. The van der Waals surface area contributed by atoms with Crippen LogP contribution in [0.2, 0.25) is 0 Å². The number of ketones is 1. The minimum absolute atomic E-state index is 0.221. The summed E-state index contributed by atoms with van der Waals surface area (Å²) in [6, 6.07) is 0. The summed E-state index contributed by atoms with van der Waals surface area (Å²) >= 11 is 0. The lowest BCUT2D eigenvalue weighted by Crippen LogP contribution is -2.23. The van der Waals surface area contributed by atoms with Gasteiger partial charge >= 0.3 is 0 Å². The molecule has 1 saturated carbocycles. The Morgan fingerprint density at radius 2 is 2.14 bits per heavy atom. The highest BCUT2D eigenvalue weighted by Gasteiger charge is 2.33. The lowest BCUT2D eigenvalue weighted by molar-refractivity contribution is -0.124. The van der Waals surface area contributed by atoms with Gasteiger partial charge in [-0.25, -0.2) is 0 Å². The molecule has 1 heterocycles. The third-order valence-electron chi connectivity index (χ3n) is 3.52. The highest BCUT2D eigenvalue weighted by atomic mass is 16.5. The monoisotopic (exact) mass is 196 g/mol. The molecule has 0 radical (unpaired) electrons. The number of ether oxygens (including phenoxy) is 1. The van der Waals surface area contributed by atoms with Crippen LogP contribution in [-0.4, -0.2) is 18.5 Å². The van der Waals surface area contributed by atoms with E-state index in [2.05, 4.69) is 6.92 Å². The number of carbonyl (C=O) groups is 1. The zero-order valence-corrected chi connectivity index (χ0v) is 9.00. The van der Waals surface area contributed by atoms with Crippen molar-refractivity contribution < 1.29 is 9.53 Å².